The van der Waals surface area contributed by atoms with Crippen molar-refractivity contribution in [2.45, 2.75) is 56.5 Å². The van der Waals surface area contributed by atoms with Crippen molar-refractivity contribution in [2.75, 3.05) is 13.7 Å². The minimum absolute atomic E-state index is 0.138. The van der Waals surface area contributed by atoms with Gasteiger partial charge in [-0.3, -0.25) is 4.99 Å². The molecule has 3 aromatic rings. The number of carboxylic acids is 2. The third kappa shape index (κ3) is 6.53. The summed E-state index contributed by atoms with van der Waals surface area (Å²) in [5, 5.41) is 47.1. The molecule has 2 aromatic heterocycles. The van der Waals surface area contributed by atoms with Gasteiger partial charge in [0.25, 0.3) is 0 Å². The van der Waals surface area contributed by atoms with Crippen molar-refractivity contribution in [2.24, 2.45) is 4.99 Å². The molecule has 0 bridgehead atoms. The van der Waals surface area contributed by atoms with Gasteiger partial charge in [-0.1, -0.05) is 0 Å². The van der Waals surface area contributed by atoms with Gasteiger partial charge in [0.1, 0.15) is 0 Å². The van der Waals surface area contributed by atoms with Crippen molar-refractivity contribution in [3.63, 3.8) is 0 Å². The molecule has 5 atom stereocenters. The van der Waals surface area contributed by atoms with Crippen molar-refractivity contribution in [3.05, 3.63) is 65.6 Å². The van der Waals surface area contributed by atoms with Gasteiger partial charge in [-0.25, -0.2) is 19.3 Å². The van der Waals surface area contributed by atoms with Crippen molar-refractivity contribution < 1.29 is 44.6 Å². The summed E-state index contributed by atoms with van der Waals surface area (Å²) in [6.45, 7) is 2.53. The molecule has 1 fully saturated rings. The molecule has 41 heavy (non-hydrogen) atoms. The first-order chi connectivity index (χ1) is 19.6. The van der Waals surface area contributed by atoms with E-state index in [1.54, 1.807) is 18.0 Å². The second-order valence-corrected chi connectivity index (χ2v) is 9.56. The van der Waals surface area contributed by atoms with Crippen LogP contribution in [-0.4, -0.2) is 96.0 Å². The number of ether oxygens (including phenoxy) is 2. The van der Waals surface area contributed by atoms with Crippen LogP contribution in [0.3, 0.4) is 0 Å². The molecule has 5 rings (SSSR count). The number of aliphatic imine (C=N–C) groups is 1. The molecule has 0 saturated heterocycles. The maximum atomic E-state index is 10.3. The predicted octanol–water partition coefficient (Wildman–Crippen LogP) is 1.40. The molecule has 0 radical (unpaired) electrons. The summed E-state index contributed by atoms with van der Waals surface area (Å²) in [6, 6.07) is 10.1. The number of aromatic nitrogens is 3. The minimum atomic E-state index is -2.27. The van der Waals surface area contributed by atoms with Crippen LogP contribution < -0.4 is 9.47 Å². The van der Waals surface area contributed by atoms with Crippen LogP contribution in [0.25, 0.3) is 5.82 Å². The van der Waals surface area contributed by atoms with Gasteiger partial charge in [0, 0.05) is 35.6 Å². The number of carbonyl (C=O) groups is 2. The van der Waals surface area contributed by atoms with Crippen LogP contribution >= 0.6 is 0 Å². The van der Waals surface area contributed by atoms with Gasteiger partial charge in [0.05, 0.1) is 31.6 Å². The van der Waals surface area contributed by atoms with Gasteiger partial charge in [-0.05, 0) is 62.1 Å². The van der Waals surface area contributed by atoms with Crippen LogP contribution in [0.5, 0.6) is 11.5 Å². The molecule has 218 valence electrons. The van der Waals surface area contributed by atoms with Crippen molar-refractivity contribution in [3.8, 4) is 17.3 Å². The molecular formula is C28H32N4O9. The number of pyridine rings is 1. The largest absolute Gasteiger partial charge is 0.493 e. The molecule has 5 N–H and O–H groups in total. The number of methoxy groups -OCH3 is 1. The summed E-state index contributed by atoms with van der Waals surface area (Å²) in [5.41, 5.74) is 4.04. The second-order valence-electron chi connectivity index (χ2n) is 9.56. The fourth-order valence-electron chi connectivity index (χ4n) is 4.94. The number of hydrogen-bond acceptors (Lipinski definition) is 10. The van der Waals surface area contributed by atoms with Gasteiger partial charge in [0.2, 0.25) is 0 Å². The lowest BCUT2D eigenvalue weighted by Gasteiger charge is -2.37. The Balaban J connectivity index is 0.000000334. The molecule has 1 aliphatic heterocycles. The Hall–Kier alpha value is -4.33. The van der Waals surface area contributed by atoms with E-state index in [1.807, 2.05) is 43.6 Å². The van der Waals surface area contributed by atoms with E-state index in [2.05, 4.69) is 16.1 Å². The number of nitrogens with zero attached hydrogens (tertiary/aromatic N) is 4. The molecule has 13 nitrogen and oxygen atoms in total. The van der Waals surface area contributed by atoms with Crippen LogP contribution in [0.15, 0.2) is 53.9 Å². The van der Waals surface area contributed by atoms with Crippen LogP contribution in [0.2, 0.25) is 0 Å². The van der Waals surface area contributed by atoms with Gasteiger partial charge in [-0.15, -0.1) is 0 Å². The Bertz CT molecular complexity index is 1370. The fourth-order valence-corrected chi connectivity index (χ4v) is 4.94. The Morgan fingerprint density at radius 1 is 1.10 bits per heavy atom. The number of hydrogen-bond donors (Lipinski definition) is 5. The third-order valence-corrected chi connectivity index (χ3v) is 6.94. The summed E-state index contributed by atoms with van der Waals surface area (Å²) in [6.07, 6.45) is 2.98. The highest BCUT2D eigenvalue weighted by Crippen LogP contribution is 2.45. The average molecular weight is 569 g/mol. The second kappa shape index (κ2) is 12.9. The topological polar surface area (TPSA) is 197 Å². The lowest BCUT2D eigenvalue weighted by molar-refractivity contribution is -0.165. The van der Waals surface area contributed by atoms with Gasteiger partial charge in [0.15, 0.2) is 29.5 Å². The van der Waals surface area contributed by atoms with E-state index in [1.165, 1.54) is 0 Å². The highest BCUT2D eigenvalue weighted by molar-refractivity contribution is 6.14. The summed E-state index contributed by atoms with van der Waals surface area (Å²) in [4.78, 5) is 29.3. The van der Waals surface area contributed by atoms with Crippen molar-refractivity contribution in [1.29, 1.82) is 0 Å². The van der Waals surface area contributed by atoms with Crippen molar-refractivity contribution >= 4 is 17.7 Å². The normalized spacial score (nSPS) is 20.7. The minimum Gasteiger partial charge on any atom is -0.493 e. The number of aliphatic carboxylic acids is 2. The van der Waals surface area contributed by atoms with E-state index in [9.17, 15) is 14.7 Å². The van der Waals surface area contributed by atoms with E-state index in [0.717, 1.165) is 46.8 Å². The summed E-state index contributed by atoms with van der Waals surface area (Å²) >= 11 is 0. The Kier molecular flexibility index (Phi) is 9.32. The lowest BCUT2D eigenvalue weighted by atomic mass is 9.74. The molecule has 2 aliphatic rings. The Morgan fingerprint density at radius 2 is 1.83 bits per heavy atom. The summed E-state index contributed by atoms with van der Waals surface area (Å²) in [5.74, 6) is -1.19. The number of benzene rings is 1. The maximum absolute atomic E-state index is 10.3. The third-order valence-electron chi connectivity index (χ3n) is 6.94. The quantitative estimate of drug-likeness (QED) is 0.263. The van der Waals surface area contributed by atoms with E-state index >= 15 is 0 Å². The van der Waals surface area contributed by atoms with Gasteiger partial charge < -0.3 is 35.0 Å². The molecule has 0 amide bonds. The zero-order valence-electron chi connectivity index (χ0n) is 22.5. The van der Waals surface area contributed by atoms with E-state index in [0.29, 0.717) is 18.8 Å². The lowest BCUT2D eigenvalue weighted by Crippen LogP contribution is -2.39. The molecule has 13 heteroatoms. The number of rotatable bonds is 8. The van der Waals surface area contributed by atoms with E-state index in [-0.39, 0.29) is 18.1 Å². The van der Waals surface area contributed by atoms with Crippen LogP contribution in [0.4, 0.5) is 0 Å². The molecule has 0 unspecified atom stereocenters. The zero-order valence-corrected chi connectivity index (χ0v) is 22.5. The van der Waals surface area contributed by atoms with Crippen LogP contribution in [-0.2, 0) is 9.59 Å². The number of aliphatic hydroxyl groups is 3. The van der Waals surface area contributed by atoms with E-state index < -0.39 is 24.1 Å². The highest BCUT2D eigenvalue weighted by Gasteiger charge is 2.37. The van der Waals surface area contributed by atoms with Crippen LogP contribution in [0, 0.1) is 0 Å². The standard InChI is InChI=1S/C24H26N4O3.C4H6O6/c1-3-31-22-12-17-18-11-16(29)6-7-20(18)27-24(19(17)13-21(22)30-2)15-5-8-23(25-14-15)28-10-4-9-26-28;5-1(3(7)8)2(6)4(9)10/h4-5,8-10,12-14,16,18,20,29H,3,6-7,11H2,1-2H3;1-2,5-6H,(H,7,8)(H,9,10)/t16-,18-,20-;1-,2-/m11/s1. The molecule has 1 aliphatic carbocycles. The molecular weight excluding hydrogens is 536 g/mol. The SMILES string of the molecule is CCOc1cc2c(cc1OC)C(c1ccc(-n3cccn3)nc1)=N[C@@H]1CC[C@@H](O)C[C@H]21.O=C(O)[C@H](O)[C@@H](O)C(=O)O. The smallest absolute Gasteiger partial charge is 0.335 e. The molecule has 0 spiro atoms. The first kappa shape index (κ1) is 29.6. The summed E-state index contributed by atoms with van der Waals surface area (Å²) in [7, 11) is 1.65. The first-order valence-corrected chi connectivity index (χ1v) is 13.0. The Labute approximate surface area is 235 Å². The molecule has 3 heterocycles. The summed E-state index contributed by atoms with van der Waals surface area (Å²) < 4.78 is 13.2. The van der Waals surface area contributed by atoms with Crippen molar-refractivity contribution in [1.82, 2.24) is 14.8 Å². The number of carboxylic acid groups (broad SMARTS) is 2. The monoisotopic (exact) mass is 568 g/mol. The number of fused-ring (bicyclic) bond motifs is 3. The predicted molar refractivity (Wildman–Crippen MR) is 145 cm³/mol. The van der Waals surface area contributed by atoms with Gasteiger partial charge >= 0.3 is 11.9 Å². The molecule has 1 aromatic carbocycles. The Morgan fingerprint density at radius 3 is 2.39 bits per heavy atom. The zero-order chi connectivity index (χ0) is 29.7. The van der Waals surface area contributed by atoms with Gasteiger partial charge in [-0.2, -0.15) is 5.10 Å². The number of aliphatic hydroxyl groups excluding tert-OH is 3. The molecule has 1 saturated carbocycles. The van der Waals surface area contributed by atoms with E-state index in [4.69, 9.17) is 34.9 Å². The highest BCUT2D eigenvalue weighted by atomic mass is 16.5. The maximum Gasteiger partial charge on any atom is 0.335 e. The van der Waals surface area contributed by atoms with Crippen LogP contribution in [0.1, 0.15) is 48.8 Å². The average Bonchev–Trinajstić information content (AvgIpc) is 3.51. The first-order valence-electron chi connectivity index (χ1n) is 13.0. The fraction of sp³-hybridized carbons (Fsp3) is 0.393.